The number of nitrogens with two attached hydrogens (primary N) is 1. The summed E-state index contributed by atoms with van der Waals surface area (Å²) < 4.78 is 27.4. The lowest BCUT2D eigenvalue weighted by molar-refractivity contribution is 0.412. The molecule has 0 saturated heterocycles. The average Bonchev–Trinajstić information content (AvgIpc) is 2.79. The van der Waals surface area contributed by atoms with Gasteiger partial charge in [0.15, 0.2) is 0 Å². The summed E-state index contributed by atoms with van der Waals surface area (Å²) >= 11 is 5.95. The van der Waals surface area contributed by atoms with E-state index in [9.17, 15) is 8.42 Å². The van der Waals surface area contributed by atoms with Crippen molar-refractivity contribution in [2.45, 2.75) is 42.4 Å². The van der Waals surface area contributed by atoms with Gasteiger partial charge in [-0.3, -0.25) is 0 Å². The minimum absolute atomic E-state index is 0.0686. The fourth-order valence-corrected chi connectivity index (χ4v) is 4.77. The van der Waals surface area contributed by atoms with Crippen molar-refractivity contribution in [1.82, 2.24) is 4.72 Å². The molecule has 7 heteroatoms. The van der Waals surface area contributed by atoms with Crippen LogP contribution >= 0.6 is 23.6 Å². The summed E-state index contributed by atoms with van der Waals surface area (Å²) in [6.07, 6.45) is 5.23. The topological polar surface area (TPSA) is 72.2 Å². The largest absolute Gasteiger partial charge is 0.389 e. The van der Waals surface area contributed by atoms with E-state index >= 15 is 0 Å². The molecule has 1 aliphatic rings. The Morgan fingerprint density at radius 2 is 2.00 bits per heavy atom. The maximum atomic E-state index is 12.2. The first-order chi connectivity index (χ1) is 8.49. The Kier molecular flexibility index (Phi) is 4.37. The van der Waals surface area contributed by atoms with Gasteiger partial charge in [-0.1, -0.05) is 31.5 Å². The number of rotatable bonds is 4. The van der Waals surface area contributed by atoms with Crippen LogP contribution < -0.4 is 10.5 Å². The van der Waals surface area contributed by atoms with E-state index in [1.807, 2.05) is 0 Å². The van der Waals surface area contributed by atoms with E-state index in [-0.39, 0.29) is 15.2 Å². The maximum Gasteiger partial charge on any atom is 0.250 e. The Morgan fingerprint density at radius 3 is 2.56 bits per heavy atom. The van der Waals surface area contributed by atoms with Crippen molar-refractivity contribution in [3.63, 3.8) is 0 Å². The fourth-order valence-electron chi connectivity index (χ4n) is 2.09. The number of thiocarbonyl (C=S) groups is 1. The molecule has 2 rings (SSSR count). The van der Waals surface area contributed by atoms with Gasteiger partial charge in [0.05, 0.1) is 4.88 Å². The third kappa shape index (κ3) is 3.28. The van der Waals surface area contributed by atoms with Gasteiger partial charge in [0.25, 0.3) is 0 Å². The monoisotopic (exact) mass is 304 g/mol. The van der Waals surface area contributed by atoms with E-state index in [2.05, 4.69) is 4.72 Å². The third-order valence-electron chi connectivity index (χ3n) is 3.02. The molecule has 4 nitrogen and oxygen atoms in total. The number of sulfonamides is 1. The molecule has 0 atom stereocenters. The highest BCUT2D eigenvalue weighted by Crippen LogP contribution is 2.24. The van der Waals surface area contributed by atoms with Gasteiger partial charge in [0.1, 0.15) is 9.20 Å². The Labute approximate surface area is 117 Å². The summed E-state index contributed by atoms with van der Waals surface area (Å²) in [5.41, 5.74) is 5.48. The Bertz CT molecular complexity index is 530. The van der Waals surface area contributed by atoms with Crippen LogP contribution in [0.2, 0.25) is 0 Å². The van der Waals surface area contributed by atoms with Gasteiger partial charge in [-0.05, 0) is 25.0 Å². The van der Waals surface area contributed by atoms with Crippen LogP contribution in [0.15, 0.2) is 16.3 Å². The lowest BCUT2D eigenvalue weighted by Gasteiger charge is -2.22. The fraction of sp³-hybridized carbons (Fsp3) is 0.545. The van der Waals surface area contributed by atoms with Crippen molar-refractivity contribution in [1.29, 1.82) is 0 Å². The molecule has 0 bridgehead atoms. The van der Waals surface area contributed by atoms with Gasteiger partial charge in [-0.25, -0.2) is 13.1 Å². The van der Waals surface area contributed by atoms with Crippen LogP contribution in [0.3, 0.4) is 0 Å². The van der Waals surface area contributed by atoms with Gasteiger partial charge in [-0.15, -0.1) is 11.3 Å². The SMILES string of the molecule is NC(=S)c1ccc(S(=O)(=O)NC2CCCCC2)s1. The molecule has 0 aromatic carbocycles. The van der Waals surface area contributed by atoms with E-state index in [0.717, 1.165) is 37.0 Å². The average molecular weight is 304 g/mol. The van der Waals surface area contributed by atoms with Gasteiger partial charge < -0.3 is 5.73 Å². The van der Waals surface area contributed by atoms with Gasteiger partial charge in [0, 0.05) is 6.04 Å². The standard InChI is InChI=1S/C11H16N2O2S3/c12-11(16)9-6-7-10(17-9)18(14,15)13-8-4-2-1-3-5-8/h6-8,13H,1-5H2,(H2,12,16). The molecule has 100 valence electrons. The lowest BCUT2D eigenvalue weighted by atomic mass is 9.96. The molecule has 0 unspecified atom stereocenters. The number of nitrogens with one attached hydrogen (secondary N) is 1. The third-order valence-corrected chi connectivity index (χ3v) is 6.50. The molecule has 1 saturated carbocycles. The summed E-state index contributed by atoms with van der Waals surface area (Å²) in [6, 6.07) is 3.28. The van der Waals surface area contributed by atoms with Crippen LogP contribution in [0.4, 0.5) is 0 Å². The van der Waals surface area contributed by atoms with Gasteiger partial charge >= 0.3 is 0 Å². The molecule has 0 amide bonds. The maximum absolute atomic E-state index is 12.2. The molecule has 3 N–H and O–H groups in total. The summed E-state index contributed by atoms with van der Waals surface area (Å²) in [6.45, 7) is 0. The summed E-state index contributed by atoms with van der Waals surface area (Å²) in [4.78, 5) is 0.869. The Morgan fingerprint density at radius 1 is 1.33 bits per heavy atom. The first kappa shape index (κ1) is 13.9. The van der Waals surface area contributed by atoms with E-state index in [1.165, 1.54) is 6.42 Å². The van der Waals surface area contributed by atoms with Gasteiger partial charge in [-0.2, -0.15) is 0 Å². The normalized spacial score (nSPS) is 17.8. The highest BCUT2D eigenvalue weighted by atomic mass is 32.2. The van der Waals surface area contributed by atoms with Crippen LogP contribution in [0.5, 0.6) is 0 Å². The minimum Gasteiger partial charge on any atom is -0.389 e. The smallest absolute Gasteiger partial charge is 0.250 e. The second-order valence-corrected chi connectivity index (χ2v) is 7.90. The number of hydrogen-bond acceptors (Lipinski definition) is 4. The lowest BCUT2D eigenvalue weighted by Crippen LogP contribution is -2.35. The summed E-state index contributed by atoms with van der Waals surface area (Å²) in [5.74, 6) is 0. The zero-order valence-electron chi connectivity index (χ0n) is 9.89. The van der Waals surface area contributed by atoms with Crippen LogP contribution in [-0.4, -0.2) is 19.4 Å². The minimum atomic E-state index is -3.42. The molecule has 0 aliphatic heterocycles. The predicted octanol–water partition coefficient (Wildman–Crippen LogP) is 1.99. The van der Waals surface area contributed by atoms with Crippen molar-refractivity contribution in [3.8, 4) is 0 Å². The van der Waals surface area contributed by atoms with Gasteiger partial charge in [0.2, 0.25) is 10.0 Å². The highest BCUT2D eigenvalue weighted by molar-refractivity contribution is 7.91. The molecule has 1 fully saturated rings. The molecule has 1 aromatic rings. The van der Waals surface area contributed by atoms with E-state index < -0.39 is 10.0 Å². The molecule has 18 heavy (non-hydrogen) atoms. The second-order valence-electron chi connectivity index (χ2n) is 4.44. The molecular weight excluding hydrogens is 288 g/mol. The summed E-state index contributed by atoms with van der Waals surface area (Å²) in [5, 5.41) is 0. The Hall–Kier alpha value is -0.500. The Balaban J connectivity index is 2.11. The molecule has 1 aliphatic carbocycles. The first-order valence-corrected chi connectivity index (χ1v) is 8.62. The number of thiophene rings is 1. The van der Waals surface area contributed by atoms with Crippen molar-refractivity contribution in [2.75, 3.05) is 0 Å². The summed E-state index contributed by atoms with van der Waals surface area (Å²) in [7, 11) is -3.42. The van der Waals surface area contributed by atoms with Crippen LogP contribution in [0, 0.1) is 0 Å². The highest BCUT2D eigenvalue weighted by Gasteiger charge is 2.23. The molecule has 1 aromatic heterocycles. The first-order valence-electron chi connectivity index (χ1n) is 5.91. The van der Waals surface area contributed by atoms with Crippen LogP contribution in [0.1, 0.15) is 37.0 Å². The molecule has 0 spiro atoms. The van der Waals surface area contributed by atoms with Crippen molar-refractivity contribution in [2.24, 2.45) is 5.73 Å². The second kappa shape index (κ2) is 5.64. The van der Waals surface area contributed by atoms with Crippen LogP contribution in [-0.2, 0) is 10.0 Å². The molecule has 1 heterocycles. The molecular formula is C11H16N2O2S3. The van der Waals surface area contributed by atoms with E-state index in [0.29, 0.717) is 4.88 Å². The zero-order valence-corrected chi connectivity index (χ0v) is 12.3. The van der Waals surface area contributed by atoms with Crippen molar-refractivity contribution in [3.05, 3.63) is 17.0 Å². The predicted molar refractivity (Wildman–Crippen MR) is 77.4 cm³/mol. The quantitative estimate of drug-likeness (QED) is 0.835. The van der Waals surface area contributed by atoms with Crippen LogP contribution in [0.25, 0.3) is 0 Å². The zero-order chi connectivity index (χ0) is 13.2. The molecule has 0 radical (unpaired) electrons. The number of hydrogen-bond donors (Lipinski definition) is 2. The van der Waals surface area contributed by atoms with E-state index in [4.69, 9.17) is 18.0 Å². The van der Waals surface area contributed by atoms with Crippen molar-refractivity contribution < 1.29 is 8.42 Å². The van der Waals surface area contributed by atoms with Crippen molar-refractivity contribution >= 4 is 38.6 Å². The van der Waals surface area contributed by atoms with E-state index in [1.54, 1.807) is 12.1 Å².